The number of nitrogens with zero attached hydrogens (tertiary/aromatic N) is 2. The van der Waals surface area contributed by atoms with Crippen molar-refractivity contribution in [3.05, 3.63) is 99.7 Å². The first-order valence-corrected chi connectivity index (χ1v) is 14.0. The summed E-state index contributed by atoms with van der Waals surface area (Å²) in [5, 5.41) is 22.6. The minimum absolute atomic E-state index is 0.0276. The van der Waals surface area contributed by atoms with Crippen LogP contribution >= 0.6 is 0 Å². The predicted molar refractivity (Wildman–Crippen MR) is 153 cm³/mol. The molecule has 1 saturated carbocycles. The van der Waals surface area contributed by atoms with E-state index in [-0.39, 0.29) is 41.5 Å². The van der Waals surface area contributed by atoms with Gasteiger partial charge in [-0.15, -0.1) is 6.58 Å². The Bertz CT molecular complexity index is 1650. The van der Waals surface area contributed by atoms with Crippen molar-refractivity contribution in [3.63, 3.8) is 0 Å². The Morgan fingerprint density at radius 3 is 2.48 bits per heavy atom. The first-order valence-electron chi connectivity index (χ1n) is 14.0. The van der Waals surface area contributed by atoms with Gasteiger partial charge < -0.3 is 5.11 Å². The number of imide groups is 1. The molecule has 0 bridgehead atoms. The molecule has 0 unspecified atom stereocenters. The van der Waals surface area contributed by atoms with Crippen LogP contribution in [0.3, 0.4) is 0 Å². The van der Waals surface area contributed by atoms with Crippen LogP contribution in [-0.4, -0.2) is 33.4 Å². The zero-order valence-electron chi connectivity index (χ0n) is 23.3. The van der Waals surface area contributed by atoms with E-state index in [1.807, 2.05) is 6.08 Å². The van der Waals surface area contributed by atoms with Gasteiger partial charge in [-0.1, -0.05) is 42.8 Å². The summed E-state index contributed by atoms with van der Waals surface area (Å²) in [5.41, 5.74) is 1.18. The molecule has 4 aliphatic rings. The van der Waals surface area contributed by atoms with Crippen molar-refractivity contribution in [2.75, 3.05) is 4.90 Å². The molecule has 1 saturated heterocycles. The third kappa shape index (κ3) is 3.76. The van der Waals surface area contributed by atoms with Crippen LogP contribution in [-0.2, 0) is 25.6 Å². The van der Waals surface area contributed by atoms with Crippen LogP contribution < -0.4 is 4.90 Å². The van der Waals surface area contributed by atoms with E-state index in [1.165, 1.54) is 30.3 Å². The largest absolute Gasteiger partial charge is 0.507 e. The molecular formula is C33H30N2O7. The van der Waals surface area contributed by atoms with Crippen molar-refractivity contribution in [1.82, 2.24) is 0 Å². The number of amides is 2. The van der Waals surface area contributed by atoms with Crippen LogP contribution in [0.15, 0.2) is 78.4 Å². The Morgan fingerprint density at radius 1 is 1.10 bits per heavy atom. The predicted octanol–water partition coefficient (Wildman–Crippen LogP) is 4.99. The molecule has 2 amide bonds. The summed E-state index contributed by atoms with van der Waals surface area (Å²) in [6.45, 7) is 7.19. The molecule has 2 fully saturated rings. The fourth-order valence-electron chi connectivity index (χ4n) is 7.88. The third-order valence-corrected chi connectivity index (χ3v) is 9.79. The lowest BCUT2D eigenvalue weighted by molar-refractivity contribution is -0.384. The molecular weight excluding hydrogens is 536 g/mol. The summed E-state index contributed by atoms with van der Waals surface area (Å²) in [4.78, 5) is 66.9. The monoisotopic (exact) mass is 566 g/mol. The van der Waals surface area contributed by atoms with Gasteiger partial charge in [0.15, 0.2) is 11.6 Å². The number of carbonyl (C=O) groups excluding carboxylic acids is 4. The van der Waals surface area contributed by atoms with Gasteiger partial charge in [0.1, 0.15) is 5.75 Å². The van der Waals surface area contributed by atoms with Crippen LogP contribution in [0.25, 0.3) is 0 Å². The lowest BCUT2D eigenvalue weighted by Gasteiger charge is -2.53. The summed E-state index contributed by atoms with van der Waals surface area (Å²) in [6.07, 6.45) is 5.85. The van der Waals surface area contributed by atoms with E-state index in [0.717, 1.165) is 10.5 Å². The molecule has 1 aliphatic heterocycles. The van der Waals surface area contributed by atoms with E-state index in [4.69, 9.17) is 0 Å². The molecule has 42 heavy (non-hydrogen) atoms. The lowest BCUT2D eigenvalue weighted by Crippen LogP contribution is -2.54. The fourth-order valence-corrected chi connectivity index (χ4v) is 7.88. The molecule has 6 atom stereocenters. The number of allylic oxidation sites excluding steroid dienone is 5. The van der Waals surface area contributed by atoms with Gasteiger partial charge in [0, 0.05) is 29.5 Å². The maximum Gasteiger partial charge on any atom is 0.269 e. The Kier molecular flexibility index (Phi) is 6.36. The number of phenolic OH excluding ortho intramolecular Hbond substituents is 1. The second kappa shape index (κ2) is 9.72. The Morgan fingerprint density at radius 2 is 1.81 bits per heavy atom. The van der Waals surface area contributed by atoms with Gasteiger partial charge in [0.25, 0.3) is 5.69 Å². The fraction of sp³-hybridized carbons (Fsp3) is 0.333. The number of benzene rings is 2. The molecule has 0 spiro atoms. The lowest BCUT2D eigenvalue weighted by atomic mass is 9.47. The van der Waals surface area contributed by atoms with Crippen molar-refractivity contribution in [2.45, 2.75) is 39.0 Å². The topological polar surface area (TPSA) is 135 Å². The Hall–Kier alpha value is -4.66. The van der Waals surface area contributed by atoms with Crippen molar-refractivity contribution in [1.29, 1.82) is 0 Å². The van der Waals surface area contributed by atoms with Gasteiger partial charge in [0.05, 0.1) is 27.9 Å². The number of anilines is 1. The highest BCUT2D eigenvalue weighted by molar-refractivity contribution is 6.22. The minimum atomic E-state index is -1.20. The van der Waals surface area contributed by atoms with Gasteiger partial charge >= 0.3 is 0 Å². The minimum Gasteiger partial charge on any atom is -0.507 e. The normalized spacial score (nSPS) is 30.2. The van der Waals surface area contributed by atoms with Gasteiger partial charge in [-0.05, 0) is 61.4 Å². The molecule has 9 heteroatoms. The van der Waals surface area contributed by atoms with E-state index in [0.29, 0.717) is 23.1 Å². The summed E-state index contributed by atoms with van der Waals surface area (Å²) in [6, 6.07) is 10.6. The van der Waals surface area contributed by atoms with E-state index in [1.54, 1.807) is 38.1 Å². The number of hydrogen-bond donors (Lipinski definition) is 1. The van der Waals surface area contributed by atoms with Crippen LogP contribution in [0.4, 0.5) is 11.4 Å². The standard InChI is InChI=1S/C33H30N2O7/c1-4-6-18-7-5-8-23(29(18)37)28-21-13-14-22-27(24(21)16-25-26(36)15-17(2)30(38)33(25,28)3)32(40)34(31(22)39)19-9-11-20(12-10-19)35(41)42/h4-5,7-13,15,22,24-25,27-28,37H,1,6,14,16H2,2-3H3/t22-,24+,25-,27-,28+,33+/m0/s1. The zero-order chi connectivity index (χ0) is 30.1. The van der Waals surface area contributed by atoms with E-state index in [9.17, 15) is 34.4 Å². The molecule has 2 aromatic rings. The highest BCUT2D eigenvalue weighted by Gasteiger charge is 2.63. The third-order valence-electron chi connectivity index (χ3n) is 9.79. The van der Waals surface area contributed by atoms with E-state index in [2.05, 4.69) is 6.58 Å². The molecule has 6 rings (SSSR count). The average Bonchev–Trinajstić information content (AvgIpc) is 3.22. The van der Waals surface area contributed by atoms with Crippen LogP contribution in [0, 0.1) is 39.2 Å². The highest BCUT2D eigenvalue weighted by Crippen LogP contribution is 2.63. The highest BCUT2D eigenvalue weighted by atomic mass is 16.6. The number of nitro groups is 1. The number of fused-ring (bicyclic) bond motifs is 4. The molecule has 1 heterocycles. The Labute approximate surface area is 242 Å². The van der Waals surface area contributed by atoms with Crippen LogP contribution in [0.1, 0.15) is 43.7 Å². The van der Waals surface area contributed by atoms with Crippen molar-refractivity contribution in [3.8, 4) is 5.75 Å². The van der Waals surface area contributed by atoms with Gasteiger partial charge in [-0.3, -0.25) is 34.2 Å². The summed E-state index contributed by atoms with van der Waals surface area (Å²) >= 11 is 0. The number of hydrogen-bond acceptors (Lipinski definition) is 7. The molecule has 1 N–H and O–H groups in total. The molecule has 214 valence electrons. The second-order valence-corrected chi connectivity index (χ2v) is 11.9. The summed E-state index contributed by atoms with van der Waals surface area (Å²) in [5.74, 6) is -4.56. The number of rotatable bonds is 5. The number of ketones is 2. The first-order chi connectivity index (χ1) is 20.0. The van der Waals surface area contributed by atoms with E-state index >= 15 is 0 Å². The molecule has 0 aromatic heterocycles. The van der Waals surface area contributed by atoms with Gasteiger partial charge in [-0.25, -0.2) is 0 Å². The number of aromatic hydroxyl groups is 1. The quantitative estimate of drug-likeness (QED) is 0.233. The number of phenols is 1. The van der Waals surface area contributed by atoms with E-state index < -0.39 is 51.7 Å². The number of para-hydroxylation sites is 1. The SMILES string of the molecule is C=CCc1cccc([C@H]2C3=CC[C@@H]4C(=O)N(c5ccc([N+](=O)[O-])cc5)C(=O)[C@@H]4[C@@H]3C[C@H]3C(=O)C=C(C)C(=O)[C@@]23C)c1O. The number of nitro benzene ring substituents is 1. The Balaban J connectivity index is 1.49. The number of non-ortho nitro benzene ring substituents is 1. The maximum absolute atomic E-state index is 14.0. The van der Waals surface area contributed by atoms with Crippen molar-refractivity contribution >= 4 is 34.8 Å². The number of carbonyl (C=O) groups is 4. The van der Waals surface area contributed by atoms with Crippen LogP contribution in [0.5, 0.6) is 5.75 Å². The molecule has 9 nitrogen and oxygen atoms in total. The van der Waals surface area contributed by atoms with Crippen molar-refractivity contribution < 1.29 is 29.2 Å². The van der Waals surface area contributed by atoms with Crippen LogP contribution in [0.2, 0.25) is 0 Å². The van der Waals surface area contributed by atoms with Crippen molar-refractivity contribution in [2.24, 2.45) is 29.1 Å². The molecule has 3 aliphatic carbocycles. The van der Waals surface area contributed by atoms with Gasteiger partial charge in [0.2, 0.25) is 11.8 Å². The smallest absolute Gasteiger partial charge is 0.269 e. The maximum atomic E-state index is 14.0. The summed E-state index contributed by atoms with van der Waals surface area (Å²) < 4.78 is 0. The van der Waals surface area contributed by atoms with Gasteiger partial charge in [-0.2, -0.15) is 0 Å². The summed E-state index contributed by atoms with van der Waals surface area (Å²) in [7, 11) is 0. The first kappa shape index (κ1) is 27.5. The number of Topliss-reactive ketones (excluding diaryl/α,β-unsaturated/α-hetero) is 1. The second-order valence-electron chi connectivity index (χ2n) is 11.9. The average molecular weight is 567 g/mol. The zero-order valence-corrected chi connectivity index (χ0v) is 23.3. The molecule has 2 aromatic carbocycles. The molecule has 0 radical (unpaired) electrons.